The van der Waals surface area contributed by atoms with E-state index in [1.807, 2.05) is 0 Å². The smallest absolute Gasteiger partial charge is 0.353 e. The zero-order valence-electron chi connectivity index (χ0n) is 10.3. The topological polar surface area (TPSA) is 29.1 Å². The molecule has 0 aliphatic heterocycles. The number of aldehydes is 1. The van der Waals surface area contributed by atoms with Crippen LogP contribution in [-0.4, -0.2) is 6.29 Å². The van der Waals surface area contributed by atoms with Crippen molar-refractivity contribution in [3.05, 3.63) is 59.2 Å². The molecule has 0 spiro atoms. The minimum atomic E-state index is -4.47. The van der Waals surface area contributed by atoms with Crippen molar-refractivity contribution >= 4 is 17.7 Å². The highest BCUT2D eigenvalue weighted by Gasteiger charge is 2.29. The Morgan fingerprint density at radius 2 is 1.57 bits per heavy atom. The molecule has 0 bridgehead atoms. The average Bonchev–Trinajstić information content (AvgIpc) is 2.42. The lowest BCUT2D eigenvalue weighted by Crippen LogP contribution is -2.05. The average molecular weight is 301 g/mol. The van der Waals surface area contributed by atoms with E-state index in [0.29, 0.717) is 0 Å². The molecule has 0 unspecified atom stereocenters. The van der Waals surface area contributed by atoms with Crippen LogP contribution in [0.2, 0.25) is 0 Å². The minimum Gasteiger partial charge on any atom is -0.353 e. The third-order valence-corrected chi connectivity index (χ3v) is 2.74. The van der Waals surface area contributed by atoms with Gasteiger partial charge in [0.25, 0.3) is 0 Å². The third-order valence-electron chi connectivity index (χ3n) is 2.74. The number of rotatable bonds is 3. The van der Waals surface area contributed by atoms with E-state index in [0.717, 1.165) is 36.4 Å². The molecule has 0 amide bonds. The van der Waals surface area contributed by atoms with E-state index in [1.165, 1.54) is 0 Å². The lowest BCUT2D eigenvalue weighted by molar-refractivity contribution is -0.137. The molecule has 2 aromatic rings. The van der Waals surface area contributed by atoms with Gasteiger partial charge in [-0.25, -0.2) is 8.78 Å². The highest BCUT2D eigenvalue weighted by atomic mass is 19.4. The van der Waals surface area contributed by atoms with E-state index >= 15 is 0 Å². The fourth-order valence-corrected chi connectivity index (χ4v) is 1.67. The minimum absolute atomic E-state index is 0.0304. The number of anilines is 2. The lowest BCUT2D eigenvalue weighted by atomic mass is 10.1. The molecule has 2 rings (SSSR count). The number of nitrogens with one attached hydrogen (secondary N) is 1. The standard InChI is InChI=1S/C14H8F5NO/c15-11-5-6-12(13(16)10(11)7-21)20-9-3-1-8(2-4-9)14(17,18)19/h1-7,20H. The number of halogens is 5. The molecule has 0 aliphatic rings. The molecule has 2 aromatic carbocycles. The van der Waals surface area contributed by atoms with Gasteiger partial charge >= 0.3 is 6.18 Å². The molecular weight excluding hydrogens is 293 g/mol. The van der Waals surface area contributed by atoms with Crippen molar-refractivity contribution in [3.8, 4) is 0 Å². The van der Waals surface area contributed by atoms with Crippen molar-refractivity contribution in [2.75, 3.05) is 5.32 Å². The Kier molecular flexibility index (Phi) is 3.93. The van der Waals surface area contributed by atoms with Crippen molar-refractivity contribution < 1.29 is 26.7 Å². The Bertz CT molecular complexity index is 664. The van der Waals surface area contributed by atoms with E-state index in [-0.39, 0.29) is 17.7 Å². The molecule has 0 aliphatic carbocycles. The summed E-state index contributed by atoms with van der Waals surface area (Å²) in [7, 11) is 0. The van der Waals surface area contributed by atoms with E-state index in [9.17, 15) is 26.7 Å². The summed E-state index contributed by atoms with van der Waals surface area (Å²) in [4.78, 5) is 10.6. The number of carbonyl (C=O) groups is 1. The first-order chi connectivity index (χ1) is 9.82. The Hall–Kier alpha value is -2.44. The molecule has 110 valence electrons. The quantitative estimate of drug-likeness (QED) is 0.666. The first-order valence-corrected chi connectivity index (χ1v) is 5.70. The van der Waals surface area contributed by atoms with Gasteiger partial charge in [0.15, 0.2) is 12.1 Å². The van der Waals surface area contributed by atoms with Crippen LogP contribution < -0.4 is 5.32 Å². The molecule has 21 heavy (non-hydrogen) atoms. The molecule has 0 heterocycles. The van der Waals surface area contributed by atoms with Gasteiger partial charge in [0.2, 0.25) is 0 Å². The Labute approximate surface area is 116 Å². The fourth-order valence-electron chi connectivity index (χ4n) is 1.67. The van der Waals surface area contributed by atoms with E-state index < -0.39 is 28.9 Å². The number of alkyl halides is 3. The van der Waals surface area contributed by atoms with Crippen LogP contribution in [0.1, 0.15) is 15.9 Å². The van der Waals surface area contributed by atoms with Crippen molar-refractivity contribution in [3.63, 3.8) is 0 Å². The second-order valence-corrected chi connectivity index (χ2v) is 4.14. The summed E-state index contributed by atoms with van der Waals surface area (Å²) in [6.45, 7) is 0. The highest BCUT2D eigenvalue weighted by molar-refractivity contribution is 5.79. The van der Waals surface area contributed by atoms with Crippen LogP contribution in [0.3, 0.4) is 0 Å². The second kappa shape index (κ2) is 5.51. The summed E-state index contributed by atoms with van der Waals surface area (Å²) in [6.07, 6.45) is -4.44. The van der Waals surface area contributed by atoms with Crippen LogP contribution in [0.25, 0.3) is 0 Å². The normalized spacial score (nSPS) is 11.3. The van der Waals surface area contributed by atoms with Gasteiger partial charge in [-0.15, -0.1) is 0 Å². The zero-order chi connectivity index (χ0) is 15.6. The van der Waals surface area contributed by atoms with Crippen molar-refractivity contribution in [1.29, 1.82) is 0 Å². The van der Waals surface area contributed by atoms with Crippen LogP contribution in [0.5, 0.6) is 0 Å². The number of carbonyl (C=O) groups excluding carboxylic acids is 1. The van der Waals surface area contributed by atoms with Crippen molar-refractivity contribution in [2.45, 2.75) is 6.18 Å². The first kappa shape index (κ1) is 15.0. The molecule has 0 radical (unpaired) electrons. The molecule has 0 atom stereocenters. The van der Waals surface area contributed by atoms with Gasteiger partial charge in [-0.3, -0.25) is 4.79 Å². The van der Waals surface area contributed by atoms with Gasteiger partial charge in [-0.2, -0.15) is 13.2 Å². The van der Waals surface area contributed by atoms with E-state index in [4.69, 9.17) is 0 Å². The molecule has 0 saturated carbocycles. The molecule has 2 nitrogen and oxygen atoms in total. The molecular formula is C14H8F5NO. The van der Waals surface area contributed by atoms with Crippen LogP contribution >= 0.6 is 0 Å². The van der Waals surface area contributed by atoms with Gasteiger partial charge in [0.1, 0.15) is 5.82 Å². The third kappa shape index (κ3) is 3.18. The lowest BCUT2D eigenvalue weighted by Gasteiger charge is -2.11. The Morgan fingerprint density at radius 1 is 0.952 bits per heavy atom. The number of hydrogen-bond acceptors (Lipinski definition) is 2. The Morgan fingerprint density at radius 3 is 2.10 bits per heavy atom. The molecule has 0 fully saturated rings. The summed E-state index contributed by atoms with van der Waals surface area (Å²) in [5, 5.41) is 2.48. The van der Waals surface area contributed by atoms with Crippen LogP contribution in [0.15, 0.2) is 36.4 Å². The largest absolute Gasteiger partial charge is 0.416 e. The van der Waals surface area contributed by atoms with Gasteiger partial charge in [-0.1, -0.05) is 0 Å². The summed E-state index contributed by atoms with van der Waals surface area (Å²) >= 11 is 0. The zero-order valence-corrected chi connectivity index (χ0v) is 10.3. The van der Waals surface area contributed by atoms with Crippen LogP contribution in [0, 0.1) is 11.6 Å². The summed E-state index contributed by atoms with van der Waals surface area (Å²) in [5.74, 6) is -2.12. The van der Waals surface area contributed by atoms with Crippen molar-refractivity contribution in [1.82, 2.24) is 0 Å². The highest BCUT2D eigenvalue weighted by Crippen LogP contribution is 2.31. The fraction of sp³-hybridized carbons (Fsp3) is 0.0714. The van der Waals surface area contributed by atoms with E-state index in [2.05, 4.69) is 5.32 Å². The maximum atomic E-state index is 13.8. The Balaban J connectivity index is 2.29. The van der Waals surface area contributed by atoms with Crippen LogP contribution in [0.4, 0.5) is 33.3 Å². The molecule has 0 saturated heterocycles. The summed E-state index contributed by atoms with van der Waals surface area (Å²) in [6, 6.07) is 5.79. The van der Waals surface area contributed by atoms with Gasteiger partial charge < -0.3 is 5.32 Å². The predicted molar refractivity (Wildman–Crippen MR) is 66.5 cm³/mol. The van der Waals surface area contributed by atoms with Gasteiger partial charge in [0.05, 0.1) is 16.8 Å². The van der Waals surface area contributed by atoms with Crippen LogP contribution in [-0.2, 0) is 6.18 Å². The van der Waals surface area contributed by atoms with Gasteiger partial charge in [0, 0.05) is 5.69 Å². The summed E-state index contributed by atoms with van der Waals surface area (Å²) in [5.41, 5.74) is -1.63. The SMILES string of the molecule is O=Cc1c(F)ccc(Nc2ccc(C(F)(F)F)cc2)c1F. The summed E-state index contributed by atoms with van der Waals surface area (Å²) < 4.78 is 64.1. The molecule has 1 N–H and O–H groups in total. The van der Waals surface area contributed by atoms with Gasteiger partial charge in [-0.05, 0) is 36.4 Å². The molecule has 7 heteroatoms. The maximum Gasteiger partial charge on any atom is 0.416 e. The maximum absolute atomic E-state index is 13.8. The first-order valence-electron chi connectivity index (χ1n) is 5.70. The van der Waals surface area contributed by atoms with Crippen molar-refractivity contribution in [2.24, 2.45) is 0 Å². The number of benzene rings is 2. The van der Waals surface area contributed by atoms with E-state index in [1.54, 1.807) is 0 Å². The molecule has 0 aromatic heterocycles. The monoisotopic (exact) mass is 301 g/mol. The second-order valence-electron chi connectivity index (χ2n) is 4.14. The predicted octanol–water partition coefficient (Wildman–Crippen LogP) is 4.54. The number of hydrogen-bond donors (Lipinski definition) is 1.